The number of hydrogen-bond acceptors (Lipinski definition) is 6. The van der Waals surface area contributed by atoms with Crippen molar-refractivity contribution in [1.82, 2.24) is 14.2 Å². The molecule has 0 amide bonds. The molecule has 2 heterocycles. The molecule has 6 rings (SSSR count). The molecule has 0 radical (unpaired) electrons. The fourth-order valence-corrected chi connectivity index (χ4v) is 7.84. The summed E-state index contributed by atoms with van der Waals surface area (Å²) in [7, 11) is -3.65. The van der Waals surface area contributed by atoms with Crippen molar-refractivity contribution in [2.75, 3.05) is 50.8 Å². The molecule has 8 heteroatoms. The third kappa shape index (κ3) is 6.30. The van der Waals surface area contributed by atoms with Crippen molar-refractivity contribution in [3.63, 3.8) is 0 Å². The average Bonchev–Trinajstić information content (AvgIpc) is 3.68. The molecule has 1 unspecified atom stereocenters. The molecular weight excluding hydrogens is 556 g/mol. The highest BCUT2D eigenvalue weighted by atomic mass is 32.2. The Hall–Kier alpha value is -3.77. The van der Waals surface area contributed by atoms with E-state index in [0.717, 1.165) is 88.3 Å². The summed E-state index contributed by atoms with van der Waals surface area (Å²) in [5, 5.41) is 4.41. The van der Waals surface area contributed by atoms with Crippen LogP contribution in [0.15, 0.2) is 83.9 Å². The van der Waals surface area contributed by atoms with Crippen LogP contribution in [0, 0.1) is 12.3 Å². The van der Waals surface area contributed by atoms with Crippen LogP contribution in [0.4, 0.5) is 5.69 Å². The summed E-state index contributed by atoms with van der Waals surface area (Å²) in [6.45, 7) is 6.28. The Bertz CT molecular complexity index is 1690. The molecule has 0 saturated carbocycles. The van der Waals surface area contributed by atoms with Crippen LogP contribution in [0.2, 0.25) is 0 Å². The monoisotopic (exact) mass is 596 g/mol. The van der Waals surface area contributed by atoms with Gasteiger partial charge in [0.15, 0.2) is 0 Å². The van der Waals surface area contributed by atoms with Crippen molar-refractivity contribution in [2.45, 2.75) is 43.0 Å². The van der Waals surface area contributed by atoms with E-state index in [0.29, 0.717) is 23.0 Å². The van der Waals surface area contributed by atoms with Gasteiger partial charge in [-0.1, -0.05) is 42.3 Å². The molecule has 224 valence electrons. The van der Waals surface area contributed by atoms with Gasteiger partial charge in [-0.15, -0.1) is 6.42 Å². The Balaban J connectivity index is 0.963. The van der Waals surface area contributed by atoms with E-state index in [1.165, 1.54) is 15.1 Å². The predicted molar refractivity (Wildman–Crippen MR) is 173 cm³/mol. The van der Waals surface area contributed by atoms with Gasteiger partial charge in [0.1, 0.15) is 5.75 Å². The lowest BCUT2D eigenvalue weighted by molar-refractivity contribution is 0.246. The van der Waals surface area contributed by atoms with Crippen molar-refractivity contribution in [1.29, 1.82) is 0 Å². The molecule has 0 spiro atoms. The molecule has 1 fully saturated rings. The van der Waals surface area contributed by atoms with Gasteiger partial charge in [-0.25, -0.2) is 12.4 Å². The number of piperazine rings is 1. The van der Waals surface area contributed by atoms with Crippen LogP contribution in [0.25, 0.3) is 10.9 Å². The molecule has 1 aromatic heterocycles. The summed E-state index contributed by atoms with van der Waals surface area (Å²) in [5.74, 6) is 3.71. The highest BCUT2D eigenvalue weighted by molar-refractivity contribution is 7.90. The maximum atomic E-state index is 13.3. The third-order valence-corrected chi connectivity index (χ3v) is 10.4. The van der Waals surface area contributed by atoms with E-state index >= 15 is 0 Å². The van der Waals surface area contributed by atoms with E-state index in [2.05, 4.69) is 45.3 Å². The summed E-state index contributed by atoms with van der Waals surface area (Å²) in [4.78, 5) is 5.22. The van der Waals surface area contributed by atoms with Gasteiger partial charge in [0.05, 0.1) is 23.6 Å². The Morgan fingerprint density at radius 1 is 0.907 bits per heavy atom. The molecule has 1 atom stereocenters. The normalized spacial score (nSPS) is 17.2. The van der Waals surface area contributed by atoms with Crippen LogP contribution in [0.1, 0.15) is 42.9 Å². The number of ether oxygens (including phenoxy) is 1. The summed E-state index contributed by atoms with van der Waals surface area (Å²) in [5.41, 5.74) is 4.48. The number of benzene rings is 3. The minimum atomic E-state index is -3.65. The van der Waals surface area contributed by atoms with Crippen LogP contribution in [-0.2, 0) is 16.4 Å². The largest absolute Gasteiger partial charge is 0.493 e. The number of unbranched alkanes of at least 4 members (excludes halogenated alkanes) is 2. The van der Waals surface area contributed by atoms with E-state index in [9.17, 15) is 8.42 Å². The number of terminal acetylenes is 1. The van der Waals surface area contributed by atoms with E-state index < -0.39 is 10.0 Å². The first-order valence-corrected chi connectivity index (χ1v) is 16.8. The smallest absolute Gasteiger partial charge is 0.268 e. The van der Waals surface area contributed by atoms with Crippen LogP contribution in [0.5, 0.6) is 5.75 Å². The Labute approximate surface area is 255 Å². The second kappa shape index (κ2) is 13.3. The molecule has 1 aliphatic heterocycles. The third-order valence-electron chi connectivity index (χ3n) is 8.74. The number of nitrogens with zero attached hydrogens (tertiary/aromatic N) is 3. The molecule has 1 N–H and O–H groups in total. The molecule has 4 aromatic rings. The minimum Gasteiger partial charge on any atom is -0.493 e. The molecule has 0 bridgehead atoms. The molecule has 1 aliphatic carbocycles. The number of fused-ring (bicyclic) bond motifs is 2. The number of nitrogens with one attached hydrogen (secondary N) is 1. The van der Waals surface area contributed by atoms with Gasteiger partial charge in [-0.3, -0.25) is 10.2 Å². The molecule has 7 nitrogen and oxygen atoms in total. The first-order chi connectivity index (χ1) is 21.1. The van der Waals surface area contributed by atoms with Crippen molar-refractivity contribution in [2.24, 2.45) is 0 Å². The highest BCUT2D eigenvalue weighted by Gasteiger charge is 2.25. The first-order valence-electron chi connectivity index (χ1n) is 15.4. The quantitative estimate of drug-likeness (QED) is 0.173. The zero-order valence-electron chi connectivity index (χ0n) is 24.6. The number of hydrogen-bond donors (Lipinski definition) is 1. The fraction of sp³-hybridized carbons (Fsp3) is 0.371. The second-order valence-corrected chi connectivity index (χ2v) is 13.2. The summed E-state index contributed by atoms with van der Waals surface area (Å²) >= 11 is 0. The molecule has 2 aliphatic rings. The summed E-state index contributed by atoms with van der Waals surface area (Å²) in [6.07, 6.45) is 12.6. The molecular formula is C35H40N4O3S. The average molecular weight is 597 g/mol. The zero-order chi connectivity index (χ0) is 29.6. The van der Waals surface area contributed by atoms with Crippen molar-refractivity contribution in [3.8, 4) is 18.1 Å². The maximum Gasteiger partial charge on any atom is 0.268 e. The lowest BCUT2D eigenvalue weighted by Crippen LogP contribution is -2.46. The van der Waals surface area contributed by atoms with Crippen LogP contribution < -0.4 is 15.0 Å². The Kier molecular flexibility index (Phi) is 9.03. The number of aromatic nitrogens is 1. The fourth-order valence-electron chi connectivity index (χ4n) is 6.48. The van der Waals surface area contributed by atoms with Crippen LogP contribution in [0.3, 0.4) is 0 Å². The van der Waals surface area contributed by atoms with E-state index in [-0.39, 0.29) is 0 Å². The first kappa shape index (κ1) is 29.3. The second-order valence-electron chi connectivity index (χ2n) is 11.4. The van der Waals surface area contributed by atoms with E-state index in [1.54, 1.807) is 30.5 Å². The Morgan fingerprint density at radius 3 is 2.53 bits per heavy atom. The van der Waals surface area contributed by atoms with Gasteiger partial charge in [0.25, 0.3) is 10.0 Å². The highest BCUT2D eigenvalue weighted by Crippen LogP contribution is 2.37. The molecule has 43 heavy (non-hydrogen) atoms. The predicted octanol–water partition coefficient (Wildman–Crippen LogP) is 5.46. The van der Waals surface area contributed by atoms with Crippen molar-refractivity contribution >= 4 is 26.6 Å². The van der Waals surface area contributed by atoms with Crippen LogP contribution in [-0.4, -0.2) is 63.2 Å². The van der Waals surface area contributed by atoms with Gasteiger partial charge < -0.3 is 9.64 Å². The topological polar surface area (TPSA) is 66.8 Å². The van der Waals surface area contributed by atoms with E-state index in [1.807, 2.05) is 24.3 Å². The number of rotatable bonds is 12. The Morgan fingerprint density at radius 2 is 1.72 bits per heavy atom. The lowest BCUT2D eigenvalue weighted by atomic mass is 10.1. The van der Waals surface area contributed by atoms with Crippen molar-refractivity contribution in [3.05, 3.63) is 90.1 Å². The van der Waals surface area contributed by atoms with Crippen LogP contribution >= 0.6 is 0 Å². The van der Waals surface area contributed by atoms with E-state index in [4.69, 9.17) is 11.2 Å². The summed E-state index contributed by atoms with van der Waals surface area (Å²) < 4.78 is 34.2. The number of anilines is 1. The summed E-state index contributed by atoms with van der Waals surface area (Å²) in [6, 6.07) is 23.2. The van der Waals surface area contributed by atoms with Gasteiger partial charge in [0, 0.05) is 49.5 Å². The molecule has 1 saturated heterocycles. The lowest BCUT2D eigenvalue weighted by Gasteiger charge is -2.36. The van der Waals surface area contributed by atoms with Crippen molar-refractivity contribution < 1.29 is 13.2 Å². The maximum absolute atomic E-state index is 13.3. The molecule has 3 aromatic carbocycles. The SMILES string of the molecule is C#CCNC1CCc2c(OCCCCCN3CCN(c4cccc5c4ccn5S(=O)(=O)c4ccccc4)CC3)cccc21. The van der Waals surface area contributed by atoms with Gasteiger partial charge in [-0.2, -0.15) is 0 Å². The standard InChI is InChI=1S/C35H40N4O3S/c1-2-20-36-32-18-17-30-29(32)13-9-16-35(30)42-27-8-4-7-21-37-23-25-38(26-24-37)33-14-10-15-34-31(33)19-22-39(34)43(40,41)28-11-5-3-6-12-28/h1,3,5-6,9-16,19,22,32,36H,4,7-8,17-18,20-21,23-27H2. The van der Waals surface area contributed by atoms with Gasteiger partial charge in [0.2, 0.25) is 0 Å². The zero-order valence-corrected chi connectivity index (χ0v) is 25.4. The van der Waals surface area contributed by atoms with Gasteiger partial charge in [-0.05, 0) is 86.2 Å². The van der Waals surface area contributed by atoms with Gasteiger partial charge >= 0.3 is 0 Å². The minimum absolute atomic E-state index is 0.296.